The predicted octanol–water partition coefficient (Wildman–Crippen LogP) is 3.08. The van der Waals surface area contributed by atoms with Gasteiger partial charge in [0.2, 0.25) is 0 Å². The molecule has 4 heterocycles. The Kier molecular flexibility index (Phi) is 5.24. The Morgan fingerprint density at radius 2 is 0.750 bits per heavy atom. The van der Waals surface area contributed by atoms with E-state index in [1.807, 2.05) is 36.4 Å². The van der Waals surface area contributed by atoms with Crippen LogP contribution in [-0.4, -0.2) is 29.9 Å². The lowest BCUT2D eigenvalue weighted by Gasteiger charge is -1.96. The molecule has 0 unspecified atom stereocenters. The fourth-order valence-electron chi connectivity index (χ4n) is 1.86. The third-order valence-corrected chi connectivity index (χ3v) is 2.92. The summed E-state index contributed by atoms with van der Waals surface area (Å²) >= 11 is 0. The molecule has 0 aliphatic heterocycles. The van der Waals surface area contributed by atoms with Gasteiger partial charge in [0.05, 0.1) is 11.4 Å². The molecule has 6 heteroatoms. The molecule has 0 aliphatic carbocycles. The van der Waals surface area contributed by atoms with Crippen LogP contribution >= 0.6 is 0 Å². The van der Waals surface area contributed by atoms with Gasteiger partial charge < -0.3 is 0 Å². The van der Waals surface area contributed by atoms with Crippen LogP contribution in [0.25, 0.3) is 23.0 Å². The van der Waals surface area contributed by atoms with E-state index >= 15 is 0 Å². The van der Waals surface area contributed by atoms with Crippen LogP contribution in [-0.2, 0) is 0 Å². The molecule has 0 radical (unpaired) electrons. The van der Waals surface area contributed by atoms with Crippen molar-refractivity contribution >= 4 is 0 Å². The van der Waals surface area contributed by atoms with Gasteiger partial charge >= 0.3 is 0 Å². The smallest absolute Gasteiger partial charge is 0.197 e. The molecule has 0 aromatic carbocycles. The van der Waals surface area contributed by atoms with E-state index in [4.69, 9.17) is 0 Å². The summed E-state index contributed by atoms with van der Waals surface area (Å²) in [6, 6.07) is 15.1. The van der Waals surface area contributed by atoms with E-state index in [0.717, 1.165) is 11.4 Å². The van der Waals surface area contributed by atoms with Crippen molar-refractivity contribution in [2.45, 2.75) is 0 Å². The van der Waals surface area contributed by atoms with Crippen molar-refractivity contribution in [3.8, 4) is 23.0 Å². The number of pyridine rings is 2. The first-order chi connectivity index (χ1) is 11.9. The summed E-state index contributed by atoms with van der Waals surface area (Å²) < 4.78 is 0. The van der Waals surface area contributed by atoms with E-state index in [-0.39, 0.29) is 0 Å². The van der Waals surface area contributed by atoms with Gasteiger partial charge in [0.15, 0.2) is 11.6 Å². The van der Waals surface area contributed by atoms with Gasteiger partial charge in [0.25, 0.3) is 0 Å². The molecule has 6 nitrogen and oxygen atoms in total. The van der Waals surface area contributed by atoms with Gasteiger partial charge in [-0.1, -0.05) is 12.1 Å². The van der Waals surface area contributed by atoms with Crippen molar-refractivity contribution in [3.63, 3.8) is 0 Å². The molecule has 4 rings (SSSR count). The highest BCUT2D eigenvalue weighted by Gasteiger charge is 1.99. The normalized spacial score (nSPS) is 9.67. The summed E-state index contributed by atoms with van der Waals surface area (Å²) in [6.07, 6.45) is 10.2. The van der Waals surface area contributed by atoms with Crippen molar-refractivity contribution in [2.24, 2.45) is 0 Å². The van der Waals surface area contributed by atoms with E-state index in [2.05, 4.69) is 29.9 Å². The molecule has 0 fully saturated rings. The Labute approximate surface area is 139 Å². The fraction of sp³-hybridized carbons (Fsp3) is 0. The lowest BCUT2D eigenvalue weighted by molar-refractivity contribution is 1.08. The zero-order valence-electron chi connectivity index (χ0n) is 12.8. The van der Waals surface area contributed by atoms with Gasteiger partial charge in [-0.3, -0.25) is 9.97 Å². The average Bonchev–Trinajstić information content (AvgIpc) is 2.71. The Balaban J connectivity index is 0.000000141. The Morgan fingerprint density at radius 3 is 1.08 bits per heavy atom. The molecule has 4 aromatic rings. The molecule has 0 atom stereocenters. The summed E-state index contributed by atoms with van der Waals surface area (Å²) in [7, 11) is 0. The number of hydrogen-bond acceptors (Lipinski definition) is 6. The highest BCUT2D eigenvalue weighted by atomic mass is 15.0. The molecule has 116 valence electrons. The van der Waals surface area contributed by atoms with Crippen LogP contribution < -0.4 is 0 Å². The van der Waals surface area contributed by atoms with Crippen LogP contribution in [0.5, 0.6) is 0 Å². The zero-order chi connectivity index (χ0) is 16.5. The fourth-order valence-corrected chi connectivity index (χ4v) is 1.86. The SMILES string of the molecule is c1ccc(-c2ccccn2)nc1.c1cnc(-c2ncccn2)nc1. The summed E-state index contributed by atoms with van der Waals surface area (Å²) in [5, 5.41) is 0. The summed E-state index contributed by atoms with van der Waals surface area (Å²) in [5.41, 5.74) is 1.83. The molecular weight excluding hydrogens is 300 g/mol. The van der Waals surface area contributed by atoms with Gasteiger partial charge in [-0.25, -0.2) is 19.9 Å². The molecule has 0 saturated heterocycles. The lowest BCUT2D eigenvalue weighted by Crippen LogP contribution is -1.91. The largest absolute Gasteiger partial charge is 0.255 e. The van der Waals surface area contributed by atoms with Crippen molar-refractivity contribution in [2.75, 3.05) is 0 Å². The topological polar surface area (TPSA) is 77.3 Å². The maximum Gasteiger partial charge on any atom is 0.197 e. The molecule has 24 heavy (non-hydrogen) atoms. The minimum absolute atomic E-state index is 0.554. The van der Waals surface area contributed by atoms with E-state index in [1.54, 1.807) is 49.3 Å². The average molecular weight is 314 g/mol. The zero-order valence-corrected chi connectivity index (χ0v) is 12.8. The number of rotatable bonds is 2. The van der Waals surface area contributed by atoms with Gasteiger partial charge in [0, 0.05) is 37.2 Å². The van der Waals surface area contributed by atoms with E-state index in [1.165, 1.54) is 0 Å². The van der Waals surface area contributed by atoms with Crippen LogP contribution in [0.2, 0.25) is 0 Å². The van der Waals surface area contributed by atoms with E-state index < -0.39 is 0 Å². The van der Waals surface area contributed by atoms with Crippen LogP contribution in [0.15, 0.2) is 85.7 Å². The van der Waals surface area contributed by atoms with Crippen LogP contribution in [0.1, 0.15) is 0 Å². The Bertz CT molecular complexity index is 689. The molecule has 0 amide bonds. The molecule has 0 spiro atoms. The van der Waals surface area contributed by atoms with E-state index in [0.29, 0.717) is 11.6 Å². The number of hydrogen-bond donors (Lipinski definition) is 0. The standard InChI is InChI=1S/C10H8N2.C8H6N4/c1-3-7-11-9(5-1)10-6-2-4-8-12-10;1-3-9-7(10-4-1)8-11-5-2-6-12-8/h1-8H;1-6H. The minimum atomic E-state index is 0.554. The van der Waals surface area contributed by atoms with Crippen LogP contribution in [0, 0.1) is 0 Å². The van der Waals surface area contributed by atoms with Crippen LogP contribution in [0.3, 0.4) is 0 Å². The number of aromatic nitrogens is 6. The second-order valence-electron chi connectivity index (χ2n) is 4.57. The quantitative estimate of drug-likeness (QED) is 0.566. The molecule has 4 aromatic heterocycles. The third kappa shape index (κ3) is 4.23. The molecule has 0 N–H and O–H groups in total. The maximum absolute atomic E-state index is 4.19. The summed E-state index contributed by atoms with van der Waals surface area (Å²) in [6.45, 7) is 0. The second kappa shape index (κ2) is 8.19. The molecule has 0 saturated carbocycles. The Morgan fingerprint density at radius 1 is 0.375 bits per heavy atom. The van der Waals surface area contributed by atoms with Crippen molar-refractivity contribution in [1.82, 2.24) is 29.9 Å². The first-order valence-corrected chi connectivity index (χ1v) is 7.30. The number of nitrogens with zero attached hydrogens (tertiary/aromatic N) is 6. The first-order valence-electron chi connectivity index (χ1n) is 7.30. The van der Waals surface area contributed by atoms with Gasteiger partial charge in [0.1, 0.15) is 0 Å². The Hall–Kier alpha value is -3.54. The monoisotopic (exact) mass is 314 g/mol. The summed E-state index contributed by atoms with van der Waals surface area (Å²) in [5.74, 6) is 1.11. The predicted molar refractivity (Wildman–Crippen MR) is 90.5 cm³/mol. The van der Waals surface area contributed by atoms with Crippen molar-refractivity contribution in [3.05, 3.63) is 85.7 Å². The minimum Gasteiger partial charge on any atom is -0.255 e. The van der Waals surface area contributed by atoms with Crippen molar-refractivity contribution < 1.29 is 0 Å². The molecular formula is C18H14N6. The summed E-state index contributed by atoms with van der Waals surface area (Å²) in [4.78, 5) is 24.4. The highest BCUT2D eigenvalue weighted by molar-refractivity contribution is 5.52. The van der Waals surface area contributed by atoms with Crippen molar-refractivity contribution in [1.29, 1.82) is 0 Å². The first kappa shape index (κ1) is 15.4. The molecule has 0 aliphatic rings. The highest BCUT2D eigenvalue weighted by Crippen LogP contribution is 2.10. The third-order valence-electron chi connectivity index (χ3n) is 2.92. The van der Waals surface area contributed by atoms with Gasteiger partial charge in [-0.05, 0) is 36.4 Å². The van der Waals surface area contributed by atoms with Crippen LogP contribution in [0.4, 0.5) is 0 Å². The second-order valence-corrected chi connectivity index (χ2v) is 4.57. The lowest BCUT2D eigenvalue weighted by atomic mass is 10.2. The maximum atomic E-state index is 4.19. The molecule has 0 bridgehead atoms. The van der Waals surface area contributed by atoms with Gasteiger partial charge in [-0.2, -0.15) is 0 Å². The van der Waals surface area contributed by atoms with Gasteiger partial charge in [-0.15, -0.1) is 0 Å². The van der Waals surface area contributed by atoms with E-state index in [9.17, 15) is 0 Å².